The van der Waals surface area contributed by atoms with E-state index in [1.165, 1.54) is 18.4 Å². The van der Waals surface area contributed by atoms with Gasteiger partial charge in [-0.1, -0.05) is 28.1 Å². The topological polar surface area (TPSA) is 49.4 Å². The first kappa shape index (κ1) is 17.0. The highest BCUT2D eigenvalue weighted by Crippen LogP contribution is 2.26. The summed E-state index contributed by atoms with van der Waals surface area (Å²) in [6.45, 7) is 0. The molecule has 0 saturated carbocycles. The van der Waals surface area contributed by atoms with Crippen molar-refractivity contribution in [3.05, 3.63) is 65.1 Å². The second kappa shape index (κ2) is 6.55. The van der Waals surface area contributed by atoms with Gasteiger partial charge in [0.05, 0.1) is 4.90 Å². The Hall–Kier alpha value is -1.89. The minimum atomic E-state index is -3.42. The minimum absolute atomic E-state index is 0.300. The Morgan fingerprint density at radius 2 is 1.42 bits per heavy atom. The van der Waals surface area contributed by atoms with Crippen LogP contribution < -0.4 is 5.32 Å². The molecule has 0 atom stereocenters. The fraction of sp³-hybridized carbons (Fsp3) is 0.111. The van der Waals surface area contributed by atoms with E-state index in [4.69, 9.17) is 0 Å². The number of halogens is 1. The first-order valence-electron chi connectivity index (χ1n) is 7.35. The summed E-state index contributed by atoms with van der Waals surface area (Å²) in [6, 6.07) is 19.0. The van der Waals surface area contributed by atoms with Crippen molar-refractivity contribution in [3.8, 4) is 0 Å². The van der Waals surface area contributed by atoms with Crippen LogP contribution in [0.1, 0.15) is 0 Å². The van der Waals surface area contributed by atoms with E-state index >= 15 is 0 Å². The maximum atomic E-state index is 12.2. The second-order valence-electron chi connectivity index (χ2n) is 5.64. The first-order chi connectivity index (χ1) is 11.4. The second-order valence-corrected chi connectivity index (χ2v) is 8.71. The molecule has 0 aliphatic rings. The summed E-state index contributed by atoms with van der Waals surface area (Å²) in [5.74, 6) is 0. The van der Waals surface area contributed by atoms with Crippen LogP contribution in [0.4, 0.5) is 11.4 Å². The molecule has 0 aliphatic carbocycles. The molecule has 124 valence electrons. The van der Waals surface area contributed by atoms with E-state index in [-0.39, 0.29) is 0 Å². The number of hydrogen-bond donors (Lipinski definition) is 1. The highest BCUT2D eigenvalue weighted by Gasteiger charge is 2.17. The van der Waals surface area contributed by atoms with Gasteiger partial charge in [0.1, 0.15) is 0 Å². The van der Waals surface area contributed by atoms with Gasteiger partial charge in [-0.25, -0.2) is 12.7 Å². The quantitative estimate of drug-likeness (QED) is 0.691. The number of fused-ring (bicyclic) bond motifs is 1. The molecule has 0 heterocycles. The molecule has 0 saturated heterocycles. The van der Waals surface area contributed by atoms with Gasteiger partial charge < -0.3 is 5.32 Å². The fourth-order valence-electron chi connectivity index (χ4n) is 2.37. The van der Waals surface area contributed by atoms with Crippen LogP contribution in [0.2, 0.25) is 0 Å². The largest absolute Gasteiger partial charge is 0.356 e. The maximum absolute atomic E-state index is 12.2. The smallest absolute Gasteiger partial charge is 0.242 e. The summed E-state index contributed by atoms with van der Waals surface area (Å²) >= 11 is 3.42. The summed E-state index contributed by atoms with van der Waals surface area (Å²) in [5.41, 5.74) is 1.94. The summed E-state index contributed by atoms with van der Waals surface area (Å²) in [6.07, 6.45) is 0. The average molecular weight is 405 g/mol. The molecule has 1 N–H and O–H groups in total. The molecule has 0 radical (unpaired) electrons. The molecule has 3 aromatic rings. The Labute approximate surface area is 150 Å². The SMILES string of the molecule is CN(C)S(=O)(=O)c1ccc2cc(Nc3ccc(Br)cc3)ccc2c1. The number of anilines is 2. The molecule has 24 heavy (non-hydrogen) atoms. The molecule has 0 aliphatic heterocycles. The van der Waals surface area contributed by atoms with Crippen LogP contribution in [0.25, 0.3) is 10.8 Å². The number of hydrogen-bond acceptors (Lipinski definition) is 3. The van der Waals surface area contributed by atoms with Crippen LogP contribution in [0, 0.1) is 0 Å². The van der Waals surface area contributed by atoms with Crippen molar-refractivity contribution in [2.24, 2.45) is 0 Å². The van der Waals surface area contributed by atoms with Crippen molar-refractivity contribution in [3.63, 3.8) is 0 Å². The van der Waals surface area contributed by atoms with Crippen LogP contribution in [-0.4, -0.2) is 26.8 Å². The van der Waals surface area contributed by atoms with Crippen molar-refractivity contribution >= 4 is 48.1 Å². The highest BCUT2D eigenvalue weighted by molar-refractivity contribution is 9.10. The zero-order chi connectivity index (χ0) is 17.3. The lowest BCUT2D eigenvalue weighted by Crippen LogP contribution is -2.22. The van der Waals surface area contributed by atoms with Gasteiger partial charge in [0.25, 0.3) is 0 Å². The standard InChI is InChI=1S/C18H17BrN2O2S/c1-21(2)24(22,23)18-10-4-13-11-17(7-3-14(13)12-18)20-16-8-5-15(19)6-9-16/h3-12,20H,1-2H3. The predicted octanol–water partition coefficient (Wildman–Crippen LogP) is 4.60. The Kier molecular flexibility index (Phi) is 4.62. The van der Waals surface area contributed by atoms with E-state index < -0.39 is 10.0 Å². The molecule has 6 heteroatoms. The number of rotatable bonds is 4. The van der Waals surface area contributed by atoms with Crippen LogP contribution in [0.15, 0.2) is 70.0 Å². The Bertz CT molecular complexity index is 984. The summed E-state index contributed by atoms with van der Waals surface area (Å²) in [5, 5.41) is 5.21. The predicted molar refractivity (Wildman–Crippen MR) is 102 cm³/mol. The van der Waals surface area contributed by atoms with Crippen molar-refractivity contribution in [2.45, 2.75) is 4.90 Å². The summed E-state index contributed by atoms with van der Waals surface area (Å²) in [4.78, 5) is 0.300. The number of sulfonamides is 1. The van der Waals surface area contributed by atoms with Crippen molar-refractivity contribution in [1.29, 1.82) is 0 Å². The molecular weight excluding hydrogens is 388 g/mol. The van der Waals surface area contributed by atoms with Gasteiger partial charge in [-0.3, -0.25) is 0 Å². The lowest BCUT2D eigenvalue weighted by atomic mass is 10.1. The van der Waals surface area contributed by atoms with Gasteiger partial charge in [-0.15, -0.1) is 0 Å². The van der Waals surface area contributed by atoms with Crippen molar-refractivity contribution in [2.75, 3.05) is 19.4 Å². The Balaban J connectivity index is 1.94. The van der Waals surface area contributed by atoms with Gasteiger partial charge >= 0.3 is 0 Å². The van der Waals surface area contributed by atoms with E-state index in [1.807, 2.05) is 48.5 Å². The van der Waals surface area contributed by atoms with Crippen molar-refractivity contribution in [1.82, 2.24) is 4.31 Å². The number of benzene rings is 3. The Morgan fingerprint density at radius 1 is 0.833 bits per heavy atom. The van der Waals surface area contributed by atoms with Crippen molar-refractivity contribution < 1.29 is 8.42 Å². The molecule has 0 unspecified atom stereocenters. The molecule has 0 fully saturated rings. The van der Waals surface area contributed by atoms with E-state index in [2.05, 4.69) is 21.2 Å². The van der Waals surface area contributed by atoms with Crippen LogP contribution >= 0.6 is 15.9 Å². The minimum Gasteiger partial charge on any atom is -0.356 e. The zero-order valence-electron chi connectivity index (χ0n) is 13.3. The molecule has 3 rings (SSSR count). The van der Waals surface area contributed by atoms with Gasteiger partial charge in [-0.2, -0.15) is 0 Å². The zero-order valence-corrected chi connectivity index (χ0v) is 15.7. The van der Waals surface area contributed by atoms with E-state index in [0.717, 1.165) is 26.6 Å². The molecule has 0 aromatic heterocycles. The third kappa shape index (κ3) is 3.45. The third-order valence-electron chi connectivity index (χ3n) is 3.72. The van der Waals surface area contributed by atoms with Gasteiger partial charge in [-0.05, 0) is 59.3 Å². The van der Waals surface area contributed by atoms with Gasteiger partial charge in [0.15, 0.2) is 0 Å². The molecule has 3 aromatic carbocycles. The van der Waals surface area contributed by atoms with Gasteiger partial charge in [0, 0.05) is 29.9 Å². The normalized spacial score (nSPS) is 11.8. The monoisotopic (exact) mass is 404 g/mol. The third-order valence-corrected chi connectivity index (χ3v) is 6.06. The Morgan fingerprint density at radius 3 is 2.08 bits per heavy atom. The van der Waals surface area contributed by atoms with E-state index in [9.17, 15) is 8.42 Å². The summed E-state index contributed by atoms with van der Waals surface area (Å²) < 4.78 is 26.7. The molecule has 4 nitrogen and oxygen atoms in total. The molecule has 0 spiro atoms. The van der Waals surface area contributed by atoms with Crippen LogP contribution in [0.5, 0.6) is 0 Å². The van der Waals surface area contributed by atoms with E-state index in [1.54, 1.807) is 12.1 Å². The average Bonchev–Trinajstić information content (AvgIpc) is 2.56. The summed E-state index contributed by atoms with van der Waals surface area (Å²) in [7, 11) is -0.353. The maximum Gasteiger partial charge on any atom is 0.242 e. The molecular formula is C18H17BrN2O2S. The van der Waals surface area contributed by atoms with Gasteiger partial charge in [0.2, 0.25) is 10.0 Å². The highest BCUT2D eigenvalue weighted by atomic mass is 79.9. The fourth-order valence-corrected chi connectivity index (χ4v) is 3.57. The van der Waals surface area contributed by atoms with Crippen LogP contribution in [0.3, 0.4) is 0 Å². The molecule has 0 bridgehead atoms. The number of nitrogens with one attached hydrogen (secondary N) is 1. The molecule has 0 amide bonds. The first-order valence-corrected chi connectivity index (χ1v) is 9.58. The van der Waals surface area contributed by atoms with E-state index in [0.29, 0.717) is 4.90 Å². The lowest BCUT2D eigenvalue weighted by molar-refractivity contribution is 0.521. The lowest BCUT2D eigenvalue weighted by Gasteiger charge is -2.12. The number of nitrogens with zero attached hydrogens (tertiary/aromatic N) is 1. The van der Waals surface area contributed by atoms with Crippen LogP contribution in [-0.2, 0) is 10.0 Å².